The second-order valence-corrected chi connectivity index (χ2v) is 4.92. The van der Waals surface area contributed by atoms with Crippen LogP contribution >= 0.6 is 0 Å². The first kappa shape index (κ1) is 13.0. The van der Waals surface area contributed by atoms with Gasteiger partial charge in [0.05, 0.1) is 5.60 Å². The van der Waals surface area contributed by atoms with E-state index in [-0.39, 0.29) is 6.42 Å². The highest BCUT2D eigenvalue weighted by Gasteiger charge is 2.45. The number of alkyl halides is 1. The van der Waals surface area contributed by atoms with Gasteiger partial charge in [0.2, 0.25) is 0 Å². The molecule has 1 aromatic rings. The molecule has 0 unspecified atom stereocenters. The maximum Gasteiger partial charge on any atom is 0.330 e. The first-order valence-electron chi connectivity index (χ1n) is 6.01. The molecule has 0 amide bonds. The number of rotatable bonds is 2. The van der Waals surface area contributed by atoms with Crippen LogP contribution in [0.25, 0.3) is 0 Å². The molecule has 1 aliphatic heterocycles. The van der Waals surface area contributed by atoms with E-state index in [1.807, 2.05) is 6.92 Å². The summed E-state index contributed by atoms with van der Waals surface area (Å²) in [4.78, 5) is 25.2. The number of aryl methyl sites for hydroxylation is 1. The third-order valence-electron chi connectivity index (χ3n) is 3.63. The van der Waals surface area contributed by atoms with Crippen molar-refractivity contribution < 1.29 is 9.13 Å². The van der Waals surface area contributed by atoms with Gasteiger partial charge in [0.15, 0.2) is 0 Å². The van der Waals surface area contributed by atoms with Gasteiger partial charge in [0.1, 0.15) is 12.4 Å². The Morgan fingerprint density at radius 1 is 1.61 bits per heavy atom. The Kier molecular flexibility index (Phi) is 3.14. The topological polar surface area (TPSA) is 64.1 Å². The van der Waals surface area contributed by atoms with E-state index in [0.717, 1.165) is 0 Å². The van der Waals surface area contributed by atoms with E-state index in [1.54, 1.807) is 13.8 Å². The van der Waals surface area contributed by atoms with Crippen molar-refractivity contribution in [2.24, 2.45) is 0 Å². The number of H-pyrrole nitrogens is 1. The first-order chi connectivity index (χ1) is 8.37. The molecule has 1 aromatic heterocycles. The van der Waals surface area contributed by atoms with Crippen LogP contribution in [0.15, 0.2) is 15.8 Å². The van der Waals surface area contributed by atoms with Crippen LogP contribution in [-0.2, 0) is 4.74 Å². The van der Waals surface area contributed by atoms with Crippen LogP contribution in [0.5, 0.6) is 0 Å². The third kappa shape index (κ3) is 2.01. The van der Waals surface area contributed by atoms with Gasteiger partial charge in [0.25, 0.3) is 5.56 Å². The zero-order chi connectivity index (χ0) is 13.5. The van der Waals surface area contributed by atoms with Crippen molar-refractivity contribution in [3.05, 3.63) is 32.6 Å². The van der Waals surface area contributed by atoms with Crippen LogP contribution in [-0.4, -0.2) is 21.3 Å². The van der Waals surface area contributed by atoms with Crippen molar-refractivity contribution in [1.82, 2.24) is 9.55 Å². The molecule has 3 atom stereocenters. The van der Waals surface area contributed by atoms with E-state index in [9.17, 15) is 14.0 Å². The van der Waals surface area contributed by atoms with E-state index in [0.29, 0.717) is 12.0 Å². The van der Waals surface area contributed by atoms with Gasteiger partial charge in [-0.3, -0.25) is 14.3 Å². The number of hydrogen-bond donors (Lipinski definition) is 1. The lowest BCUT2D eigenvalue weighted by Gasteiger charge is -2.24. The predicted molar refractivity (Wildman–Crippen MR) is 64.4 cm³/mol. The standard InChI is InChI=1S/C12H17FN2O3/c1-4-12(3)8(13)5-9(18-12)15-6-7(2)10(16)14-11(15)17/h6,8-9H,4-5H2,1-3H3,(H,14,16,17)/t8-,9+,12+/m0/s1. The molecule has 1 aliphatic rings. The summed E-state index contributed by atoms with van der Waals surface area (Å²) in [5, 5.41) is 0. The largest absolute Gasteiger partial charge is 0.349 e. The molecule has 18 heavy (non-hydrogen) atoms. The molecule has 5 nitrogen and oxygen atoms in total. The summed E-state index contributed by atoms with van der Waals surface area (Å²) in [6.45, 7) is 5.13. The number of hydrogen-bond acceptors (Lipinski definition) is 3. The first-order valence-corrected chi connectivity index (χ1v) is 6.01. The summed E-state index contributed by atoms with van der Waals surface area (Å²) >= 11 is 0. The molecular weight excluding hydrogens is 239 g/mol. The molecule has 0 spiro atoms. The maximum atomic E-state index is 13.9. The fourth-order valence-corrected chi connectivity index (χ4v) is 2.13. The van der Waals surface area contributed by atoms with Crippen molar-refractivity contribution >= 4 is 0 Å². The molecule has 0 saturated carbocycles. The molecule has 100 valence electrons. The summed E-state index contributed by atoms with van der Waals surface area (Å²) in [5.41, 5.74) is -1.46. The summed E-state index contributed by atoms with van der Waals surface area (Å²) < 4.78 is 20.8. The fraction of sp³-hybridized carbons (Fsp3) is 0.667. The lowest BCUT2D eigenvalue weighted by atomic mass is 9.98. The van der Waals surface area contributed by atoms with E-state index >= 15 is 0 Å². The molecule has 2 heterocycles. The Morgan fingerprint density at radius 3 is 2.83 bits per heavy atom. The van der Waals surface area contributed by atoms with E-state index in [4.69, 9.17) is 4.74 Å². The van der Waals surface area contributed by atoms with E-state index < -0.39 is 29.2 Å². The number of halogens is 1. The van der Waals surface area contributed by atoms with E-state index in [2.05, 4.69) is 4.98 Å². The number of nitrogens with one attached hydrogen (secondary N) is 1. The van der Waals surface area contributed by atoms with Gasteiger partial charge in [-0.2, -0.15) is 0 Å². The zero-order valence-electron chi connectivity index (χ0n) is 10.7. The van der Waals surface area contributed by atoms with Gasteiger partial charge < -0.3 is 4.74 Å². The van der Waals surface area contributed by atoms with Crippen molar-refractivity contribution in [3.63, 3.8) is 0 Å². The molecule has 0 radical (unpaired) electrons. The van der Waals surface area contributed by atoms with Crippen LogP contribution in [0.2, 0.25) is 0 Å². The summed E-state index contributed by atoms with van der Waals surface area (Å²) in [5.74, 6) is 0. The molecule has 1 N–H and O–H groups in total. The normalized spacial score (nSPS) is 31.8. The van der Waals surface area contributed by atoms with Gasteiger partial charge in [-0.15, -0.1) is 0 Å². The van der Waals surface area contributed by atoms with Crippen molar-refractivity contribution in [2.45, 2.75) is 51.6 Å². The SMILES string of the molecule is CC[C@@]1(C)O[C@@H](n2cc(C)c(=O)[nH]c2=O)C[C@@H]1F. The van der Waals surface area contributed by atoms with Gasteiger partial charge >= 0.3 is 5.69 Å². The highest BCUT2D eigenvalue weighted by molar-refractivity contribution is 5.02. The molecule has 2 rings (SSSR count). The Hall–Kier alpha value is -1.43. The molecule has 0 aliphatic carbocycles. The predicted octanol–water partition coefficient (Wildman–Crippen LogP) is 1.27. The lowest BCUT2D eigenvalue weighted by Crippen LogP contribution is -2.35. The summed E-state index contributed by atoms with van der Waals surface area (Å²) in [7, 11) is 0. The van der Waals surface area contributed by atoms with Crippen molar-refractivity contribution in [2.75, 3.05) is 0 Å². The van der Waals surface area contributed by atoms with Crippen LogP contribution in [0.1, 0.15) is 38.5 Å². The highest BCUT2D eigenvalue weighted by atomic mass is 19.1. The third-order valence-corrected chi connectivity index (χ3v) is 3.63. The minimum absolute atomic E-state index is 0.121. The van der Waals surface area contributed by atoms with Gasteiger partial charge in [-0.25, -0.2) is 9.18 Å². The van der Waals surface area contributed by atoms with Crippen LogP contribution < -0.4 is 11.2 Å². The van der Waals surface area contributed by atoms with Gasteiger partial charge in [-0.1, -0.05) is 6.92 Å². The second kappa shape index (κ2) is 4.35. The van der Waals surface area contributed by atoms with Gasteiger partial charge in [0, 0.05) is 18.2 Å². The lowest BCUT2D eigenvalue weighted by molar-refractivity contribution is -0.0806. The van der Waals surface area contributed by atoms with Crippen LogP contribution in [0.4, 0.5) is 4.39 Å². The number of aromatic amines is 1. The summed E-state index contributed by atoms with van der Waals surface area (Å²) in [6, 6.07) is 0. The Labute approximate surface area is 104 Å². The highest BCUT2D eigenvalue weighted by Crippen LogP contribution is 2.39. The monoisotopic (exact) mass is 256 g/mol. The smallest absolute Gasteiger partial charge is 0.330 e. The van der Waals surface area contributed by atoms with E-state index in [1.165, 1.54) is 10.8 Å². The number of ether oxygens (including phenoxy) is 1. The maximum absolute atomic E-state index is 13.9. The zero-order valence-corrected chi connectivity index (χ0v) is 10.7. The average molecular weight is 256 g/mol. The molecule has 1 saturated heterocycles. The molecule has 6 heteroatoms. The Bertz CT molecular complexity index is 565. The second-order valence-electron chi connectivity index (χ2n) is 4.92. The van der Waals surface area contributed by atoms with Crippen molar-refractivity contribution in [3.8, 4) is 0 Å². The Morgan fingerprint density at radius 2 is 2.28 bits per heavy atom. The minimum atomic E-state index is -1.12. The van der Waals surface area contributed by atoms with Gasteiger partial charge in [-0.05, 0) is 20.3 Å². The minimum Gasteiger partial charge on any atom is -0.349 e. The average Bonchev–Trinajstić information content (AvgIpc) is 2.61. The number of nitrogens with zero attached hydrogens (tertiary/aromatic N) is 1. The summed E-state index contributed by atoms with van der Waals surface area (Å²) in [6.07, 6.45) is 0.289. The molecule has 1 fully saturated rings. The number of aromatic nitrogens is 2. The quantitative estimate of drug-likeness (QED) is 0.866. The fourth-order valence-electron chi connectivity index (χ4n) is 2.13. The Balaban J connectivity index is 2.38. The molecule has 0 aromatic carbocycles. The van der Waals surface area contributed by atoms with Crippen LogP contribution in [0, 0.1) is 6.92 Å². The van der Waals surface area contributed by atoms with Crippen LogP contribution in [0.3, 0.4) is 0 Å². The molecular formula is C12H17FN2O3. The molecule has 0 bridgehead atoms. The van der Waals surface area contributed by atoms with Crippen molar-refractivity contribution in [1.29, 1.82) is 0 Å².